The highest BCUT2D eigenvalue weighted by atomic mass is 79.9. The van der Waals surface area contributed by atoms with E-state index in [2.05, 4.69) is 88.7 Å². The van der Waals surface area contributed by atoms with Crippen LogP contribution in [0.5, 0.6) is 0 Å². The number of rotatable bonds is 5. The Bertz CT molecular complexity index is 954. The number of para-hydroxylation sites is 1. The van der Waals surface area contributed by atoms with Crippen molar-refractivity contribution in [3.63, 3.8) is 0 Å². The fourth-order valence-electron chi connectivity index (χ4n) is 3.52. The van der Waals surface area contributed by atoms with Crippen molar-refractivity contribution >= 4 is 39.4 Å². The number of allylic oxidation sites excluding steroid dienone is 1. The van der Waals surface area contributed by atoms with Gasteiger partial charge < -0.3 is 26.8 Å². The Balaban J connectivity index is 0.00000225. The highest BCUT2D eigenvalue weighted by molar-refractivity contribution is 7.18. The van der Waals surface area contributed by atoms with Crippen LogP contribution in [0.4, 0.5) is 5.69 Å². The largest absolute Gasteiger partial charge is 1.00 e. The monoisotopic (exact) mass is 455 g/mol. The van der Waals surface area contributed by atoms with Gasteiger partial charge in [-0.2, -0.15) is 4.57 Å². The van der Waals surface area contributed by atoms with Crippen LogP contribution < -0.4 is 26.4 Å². The number of aromatic nitrogens is 1. The maximum absolute atomic E-state index is 3.91. The predicted molar refractivity (Wildman–Crippen MR) is 117 cm³/mol. The van der Waals surface area contributed by atoms with Crippen LogP contribution in [0, 0.1) is 0 Å². The fourth-order valence-corrected chi connectivity index (χ4v) is 4.60. The van der Waals surface area contributed by atoms with Crippen molar-refractivity contribution in [1.82, 2.24) is 4.90 Å². The molecule has 0 atom stereocenters. The summed E-state index contributed by atoms with van der Waals surface area (Å²) in [5.41, 5.74) is 3.83. The number of fused-ring (bicyclic) bond motifs is 1. The third-order valence-electron chi connectivity index (χ3n) is 5.13. The van der Waals surface area contributed by atoms with E-state index in [1.807, 2.05) is 17.4 Å². The lowest BCUT2D eigenvalue weighted by Crippen LogP contribution is -3.00. The first-order chi connectivity index (χ1) is 13.2. The van der Waals surface area contributed by atoms with Crippen molar-refractivity contribution in [2.24, 2.45) is 0 Å². The summed E-state index contributed by atoms with van der Waals surface area (Å²) in [6.45, 7) is 9.22. The van der Waals surface area contributed by atoms with Crippen molar-refractivity contribution in [2.45, 2.75) is 6.54 Å². The van der Waals surface area contributed by atoms with Gasteiger partial charge in [0.05, 0.1) is 0 Å². The van der Waals surface area contributed by atoms with Gasteiger partial charge in [0.1, 0.15) is 4.70 Å². The number of thiazole rings is 1. The second kappa shape index (κ2) is 9.50. The molecule has 5 heteroatoms. The van der Waals surface area contributed by atoms with E-state index in [-0.39, 0.29) is 17.0 Å². The van der Waals surface area contributed by atoms with E-state index >= 15 is 0 Å². The van der Waals surface area contributed by atoms with Gasteiger partial charge in [-0.25, -0.2) is 0 Å². The zero-order valence-corrected chi connectivity index (χ0v) is 18.6. The van der Waals surface area contributed by atoms with Gasteiger partial charge in [0, 0.05) is 44.0 Å². The van der Waals surface area contributed by atoms with Crippen LogP contribution in [0.15, 0.2) is 61.2 Å². The quantitative estimate of drug-likeness (QED) is 0.424. The molecule has 0 bridgehead atoms. The Morgan fingerprint density at radius 2 is 1.71 bits per heavy atom. The van der Waals surface area contributed by atoms with Crippen LogP contribution in [0.3, 0.4) is 0 Å². The van der Waals surface area contributed by atoms with Crippen LogP contribution in [-0.4, -0.2) is 38.1 Å². The van der Waals surface area contributed by atoms with Gasteiger partial charge in [0.15, 0.2) is 6.54 Å². The summed E-state index contributed by atoms with van der Waals surface area (Å²) >= 11 is 1.82. The number of hydrogen-bond donors (Lipinski definition) is 0. The van der Waals surface area contributed by atoms with Crippen LogP contribution in [0.25, 0.3) is 22.4 Å². The smallest absolute Gasteiger partial charge is 0.263 e. The summed E-state index contributed by atoms with van der Waals surface area (Å²) in [6, 6.07) is 17.5. The third kappa shape index (κ3) is 4.54. The summed E-state index contributed by atoms with van der Waals surface area (Å²) in [6.07, 6.45) is 6.39. The molecule has 2 aromatic carbocycles. The Kier molecular flexibility index (Phi) is 7.05. The molecule has 4 rings (SSSR count). The first kappa shape index (κ1) is 20.8. The summed E-state index contributed by atoms with van der Waals surface area (Å²) in [5, 5.41) is 1.25. The van der Waals surface area contributed by atoms with E-state index in [9.17, 15) is 0 Å². The lowest BCUT2D eigenvalue weighted by molar-refractivity contribution is -0.658. The van der Waals surface area contributed by atoms with Gasteiger partial charge in [-0.3, -0.25) is 0 Å². The zero-order chi connectivity index (χ0) is 18.6. The minimum Gasteiger partial charge on any atom is -1.00 e. The Hall–Kier alpha value is -1.95. The Labute approximate surface area is 182 Å². The second-order valence-electron chi connectivity index (χ2n) is 7.02. The number of nitrogens with zero attached hydrogens (tertiary/aromatic N) is 3. The first-order valence-corrected chi connectivity index (χ1v) is 10.3. The van der Waals surface area contributed by atoms with Crippen molar-refractivity contribution < 1.29 is 21.5 Å². The van der Waals surface area contributed by atoms with Gasteiger partial charge in [-0.05, 0) is 43.0 Å². The number of halogens is 1. The minimum atomic E-state index is 0. The highest BCUT2D eigenvalue weighted by Gasteiger charge is 2.17. The van der Waals surface area contributed by atoms with Crippen molar-refractivity contribution in [3.05, 3.63) is 71.8 Å². The van der Waals surface area contributed by atoms with Gasteiger partial charge >= 0.3 is 0 Å². The molecule has 1 aliphatic heterocycles. The number of likely N-dealkylation sites (N-methyl/N-ethyl adjacent to an activating group) is 1. The van der Waals surface area contributed by atoms with Crippen LogP contribution >= 0.6 is 11.3 Å². The molecule has 1 aromatic heterocycles. The molecule has 0 aliphatic carbocycles. The van der Waals surface area contributed by atoms with Gasteiger partial charge in [-0.15, -0.1) is 0 Å². The van der Waals surface area contributed by atoms with Gasteiger partial charge in [-0.1, -0.05) is 42.2 Å². The molecule has 2 heterocycles. The van der Waals surface area contributed by atoms with Crippen molar-refractivity contribution in [2.75, 3.05) is 38.1 Å². The molecule has 3 aromatic rings. The molecule has 0 unspecified atom stereocenters. The zero-order valence-electron chi connectivity index (χ0n) is 16.2. The lowest BCUT2D eigenvalue weighted by atomic mass is 10.1. The average molecular weight is 456 g/mol. The normalized spacial score (nSPS) is 15.1. The number of benzene rings is 2. The van der Waals surface area contributed by atoms with E-state index in [0.29, 0.717) is 0 Å². The molecule has 0 N–H and O–H groups in total. The van der Waals surface area contributed by atoms with Crippen LogP contribution in [-0.2, 0) is 6.54 Å². The maximum atomic E-state index is 3.91. The molecular weight excluding hydrogens is 430 g/mol. The topological polar surface area (TPSA) is 10.4 Å². The summed E-state index contributed by atoms with van der Waals surface area (Å²) < 4.78 is 3.63. The molecule has 146 valence electrons. The Morgan fingerprint density at radius 3 is 2.43 bits per heavy atom. The molecule has 0 radical (unpaired) electrons. The van der Waals surface area contributed by atoms with Gasteiger partial charge in [0.25, 0.3) is 5.01 Å². The molecule has 1 fully saturated rings. The lowest BCUT2D eigenvalue weighted by Gasteiger charge is -2.34. The maximum Gasteiger partial charge on any atom is 0.263 e. The fraction of sp³-hybridized carbons (Fsp3) is 0.261. The molecule has 1 saturated heterocycles. The highest BCUT2D eigenvalue weighted by Crippen LogP contribution is 2.23. The van der Waals surface area contributed by atoms with Crippen LogP contribution in [0.1, 0.15) is 10.6 Å². The standard InChI is InChI=1S/C23H26N3S.BrH/c1-3-14-26-21-6-4-5-7-22(21)27-23(26)13-10-19-8-11-20(12-9-19)25-17-15-24(2)16-18-25;/h3-13H,1,14-18H2,2H3;1H/q+1;/p-1. The number of piperazine rings is 1. The average Bonchev–Trinajstić information content (AvgIpc) is 3.05. The first-order valence-electron chi connectivity index (χ1n) is 9.48. The van der Waals surface area contributed by atoms with Crippen LogP contribution in [0.2, 0.25) is 0 Å². The predicted octanol–water partition coefficient (Wildman–Crippen LogP) is 1.30. The summed E-state index contributed by atoms with van der Waals surface area (Å²) in [5.74, 6) is 0. The van der Waals surface area contributed by atoms with E-state index in [4.69, 9.17) is 0 Å². The number of hydrogen-bond acceptors (Lipinski definition) is 3. The van der Waals surface area contributed by atoms with E-state index < -0.39 is 0 Å². The third-order valence-corrected chi connectivity index (χ3v) is 6.26. The van der Waals surface area contributed by atoms with Gasteiger partial charge in [0.2, 0.25) is 5.52 Å². The number of anilines is 1. The molecule has 0 spiro atoms. The Morgan fingerprint density at radius 1 is 1.00 bits per heavy atom. The molecule has 3 nitrogen and oxygen atoms in total. The van der Waals surface area contributed by atoms with E-state index in [1.54, 1.807) is 0 Å². The summed E-state index contributed by atoms with van der Waals surface area (Å²) in [7, 11) is 2.19. The van der Waals surface area contributed by atoms with Crippen molar-refractivity contribution in [3.8, 4) is 0 Å². The minimum absolute atomic E-state index is 0. The second-order valence-corrected chi connectivity index (χ2v) is 8.08. The van der Waals surface area contributed by atoms with E-state index in [1.165, 1.54) is 26.5 Å². The molecular formula is C23H26BrN3S. The SMILES string of the molecule is C=CC[n+]1c(/C=C/c2ccc(N3CCN(C)CC3)cc2)sc2ccccc21.[Br-]. The molecule has 0 saturated carbocycles. The van der Waals surface area contributed by atoms with Crippen molar-refractivity contribution in [1.29, 1.82) is 0 Å². The van der Waals surface area contributed by atoms with E-state index in [0.717, 1.165) is 32.7 Å². The molecule has 28 heavy (non-hydrogen) atoms. The molecule has 1 aliphatic rings. The summed E-state index contributed by atoms with van der Waals surface area (Å²) in [4.78, 5) is 4.86. The molecule has 0 amide bonds.